The van der Waals surface area contributed by atoms with E-state index in [1.54, 1.807) is 4.90 Å². The summed E-state index contributed by atoms with van der Waals surface area (Å²) in [5.74, 6) is 0.566. The molecule has 3 heterocycles. The van der Waals surface area contributed by atoms with E-state index < -0.39 is 11.7 Å². The molecule has 0 atom stereocenters. The highest BCUT2D eigenvalue weighted by molar-refractivity contribution is 7.99. The van der Waals surface area contributed by atoms with Gasteiger partial charge < -0.3 is 14.7 Å². The Kier molecular flexibility index (Phi) is 7.81. The zero-order valence-corrected chi connectivity index (χ0v) is 19.6. The molecular weight excluding hydrogens is 461 g/mol. The van der Waals surface area contributed by atoms with Crippen LogP contribution in [0.2, 0.25) is 0 Å². The number of amides is 4. The van der Waals surface area contributed by atoms with Crippen molar-refractivity contribution < 1.29 is 23.3 Å². The van der Waals surface area contributed by atoms with Crippen LogP contribution in [0.15, 0.2) is 45.5 Å². The molecule has 11 heteroatoms. The van der Waals surface area contributed by atoms with Crippen LogP contribution in [0, 0.1) is 0 Å². The number of nitrogens with zero attached hydrogens (tertiary/aromatic N) is 4. The summed E-state index contributed by atoms with van der Waals surface area (Å²) in [6.07, 6.45) is 7.52. The monoisotopic (exact) mass is 489 g/mol. The minimum atomic E-state index is -0.675. The first-order valence-electron chi connectivity index (χ1n) is 11.4. The van der Waals surface area contributed by atoms with E-state index >= 15 is 0 Å². The summed E-state index contributed by atoms with van der Waals surface area (Å²) in [7, 11) is 0. The molecule has 0 radical (unpaired) electrons. The smallest absolute Gasteiger partial charge is 0.327 e. The van der Waals surface area contributed by atoms with Gasteiger partial charge in [0, 0.05) is 29.8 Å². The number of nitrogens with one attached hydrogen (secondary N) is 1. The van der Waals surface area contributed by atoms with Gasteiger partial charge in [-0.25, -0.2) is 9.18 Å². The number of aromatic nitrogens is 1. The highest BCUT2D eigenvalue weighted by Crippen LogP contribution is 2.32. The maximum atomic E-state index is 14.2. The quantitative estimate of drug-likeness (QED) is 0.485. The van der Waals surface area contributed by atoms with Gasteiger partial charge in [0.2, 0.25) is 5.76 Å². The first kappa shape index (κ1) is 24.2. The molecule has 1 N–H and O–H groups in total. The van der Waals surface area contributed by atoms with Gasteiger partial charge in [0.15, 0.2) is 0 Å². The fraction of sp³-hybridized carbons (Fsp3) is 0.522. The molecule has 0 spiro atoms. The number of urea groups is 1. The Morgan fingerprint density at radius 1 is 1.21 bits per heavy atom. The van der Waals surface area contributed by atoms with Crippen molar-refractivity contribution >= 4 is 36.3 Å². The summed E-state index contributed by atoms with van der Waals surface area (Å²) in [4.78, 5) is 45.5. The van der Waals surface area contributed by atoms with E-state index in [2.05, 4.69) is 22.2 Å². The van der Waals surface area contributed by atoms with Crippen LogP contribution < -0.4 is 5.32 Å². The maximum absolute atomic E-state index is 14.2. The molecule has 9 nitrogen and oxygen atoms in total. The Bertz CT molecular complexity index is 981. The molecule has 2 saturated heterocycles. The van der Waals surface area contributed by atoms with E-state index in [4.69, 9.17) is 4.52 Å². The number of halogens is 1. The summed E-state index contributed by atoms with van der Waals surface area (Å²) < 4.78 is 19.1. The number of aliphatic imine (C=N–C) groups is 1. The van der Waals surface area contributed by atoms with Crippen LogP contribution in [0.1, 0.15) is 49.1 Å². The number of carbonyl (C=O) groups excluding carboxylic acids is 3. The Morgan fingerprint density at radius 2 is 1.94 bits per heavy atom. The van der Waals surface area contributed by atoms with Crippen LogP contribution >= 0.6 is 11.8 Å². The lowest BCUT2D eigenvalue weighted by atomic mass is 9.89. The lowest BCUT2D eigenvalue weighted by Crippen LogP contribution is -2.60. The molecule has 4 rings (SSSR count). The molecule has 1 aromatic heterocycles. The molecule has 1 aromatic rings. The standard InChI is InChI=1S/C23H28FN5O4S/c1-25-13-16(24)12-15-14-28(18-7-10-34-11-8-18)23(32)29(22(15)31)19-4-2-17(3-5-19)27-21(30)20-6-9-26-33-20/h6,9,12-13,17-19H,1-5,7-8,10-11,14H2,(H,27,30)/b15-12+,16-13+. The van der Waals surface area contributed by atoms with E-state index in [0.29, 0.717) is 25.7 Å². The Hall–Kier alpha value is -2.95. The second-order valence-corrected chi connectivity index (χ2v) is 9.88. The Morgan fingerprint density at radius 3 is 2.59 bits per heavy atom. The summed E-state index contributed by atoms with van der Waals surface area (Å²) in [5.41, 5.74) is 0.232. The maximum Gasteiger partial charge on any atom is 0.327 e. The molecule has 182 valence electrons. The minimum Gasteiger partial charge on any atom is -0.351 e. The third kappa shape index (κ3) is 5.40. The largest absolute Gasteiger partial charge is 0.351 e. The molecule has 0 unspecified atom stereocenters. The highest BCUT2D eigenvalue weighted by Gasteiger charge is 2.43. The normalized spacial score (nSPS) is 26.1. The number of carbonyl (C=O) groups is 3. The zero-order valence-electron chi connectivity index (χ0n) is 18.8. The van der Waals surface area contributed by atoms with E-state index in [9.17, 15) is 18.8 Å². The van der Waals surface area contributed by atoms with Gasteiger partial charge in [-0.15, -0.1) is 0 Å². The van der Waals surface area contributed by atoms with Gasteiger partial charge in [-0.05, 0) is 62.8 Å². The molecule has 3 fully saturated rings. The predicted molar refractivity (Wildman–Crippen MR) is 126 cm³/mol. The molecule has 2 aliphatic heterocycles. The van der Waals surface area contributed by atoms with Gasteiger partial charge >= 0.3 is 6.03 Å². The number of rotatable bonds is 6. The molecule has 0 bridgehead atoms. The second-order valence-electron chi connectivity index (χ2n) is 8.65. The predicted octanol–water partition coefficient (Wildman–Crippen LogP) is 3.31. The van der Waals surface area contributed by atoms with Crippen LogP contribution in [0.25, 0.3) is 0 Å². The summed E-state index contributed by atoms with van der Waals surface area (Å²) >= 11 is 1.85. The first-order valence-corrected chi connectivity index (χ1v) is 12.6. The van der Waals surface area contributed by atoms with Crippen molar-refractivity contribution in [2.45, 2.75) is 56.7 Å². The molecule has 4 amide bonds. The SMILES string of the molecule is C=N/C=C(F)\C=C1/CN(C2CCSCC2)C(=O)N(C2CCC(NC(=O)c3ccno3)CC2)C1=O. The fourth-order valence-electron chi connectivity index (χ4n) is 4.77. The molecule has 3 aliphatic rings. The van der Waals surface area contributed by atoms with Crippen LogP contribution in [0.3, 0.4) is 0 Å². The lowest BCUT2D eigenvalue weighted by molar-refractivity contribution is -0.129. The third-order valence-electron chi connectivity index (χ3n) is 6.50. The number of hydrogen-bond donors (Lipinski definition) is 1. The highest BCUT2D eigenvalue weighted by atomic mass is 32.2. The molecule has 34 heavy (non-hydrogen) atoms. The number of hydrogen-bond acceptors (Lipinski definition) is 7. The number of imide groups is 1. The molecular formula is C23H28FN5O4S. The summed E-state index contributed by atoms with van der Waals surface area (Å²) in [6, 6.07) is 0.805. The molecule has 0 aromatic carbocycles. The lowest BCUT2D eigenvalue weighted by Gasteiger charge is -2.45. The van der Waals surface area contributed by atoms with Crippen molar-refractivity contribution in [2.75, 3.05) is 18.1 Å². The second kappa shape index (κ2) is 11.0. The topological polar surface area (TPSA) is 108 Å². The Balaban J connectivity index is 1.48. The average Bonchev–Trinajstić information content (AvgIpc) is 3.38. The minimum absolute atomic E-state index is 0.0230. The molecule has 1 aliphatic carbocycles. The van der Waals surface area contributed by atoms with Gasteiger partial charge in [0.1, 0.15) is 5.83 Å². The van der Waals surface area contributed by atoms with E-state index in [-0.39, 0.29) is 47.9 Å². The number of thioether (sulfide) groups is 1. The van der Waals surface area contributed by atoms with Crippen molar-refractivity contribution in [1.29, 1.82) is 0 Å². The first-order chi connectivity index (χ1) is 16.5. The average molecular weight is 490 g/mol. The number of allylic oxidation sites excluding steroid dienone is 2. The van der Waals surface area contributed by atoms with E-state index in [0.717, 1.165) is 36.6 Å². The van der Waals surface area contributed by atoms with Crippen molar-refractivity contribution in [2.24, 2.45) is 4.99 Å². The van der Waals surface area contributed by atoms with Gasteiger partial charge in [0.25, 0.3) is 11.8 Å². The summed E-state index contributed by atoms with van der Waals surface area (Å²) in [5, 5.41) is 6.46. The van der Waals surface area contributed by atoms with Crippen molar-refractivity contribution in [3.8, 4) is 0 Å². The third-order valence-corrected chi connectivity index (χ3v) is 7.55. The summed E-state index contributed by atoms with van der Waals surface area (Å²) in [6.45, 7) is 3.34. The van der Waals surface area contributed by atoms with E-state index in [1.807, 2.05) is 11.8 Å². The fourth-order valence-corrected chi connectivity index (χ4v) is 5.85. The van der Waals surface area contributed by atoms with Crippen LogP contribution in [0.4, 0.5) is 9.18 Å². The van der Waals surface area contributed by atoms with Crippen LogP contribution in [-0.4, -0.2) is 75.7 Å². The zero-order chi connectivity index (χ0) is 24.1. The van der Waals surface area contributed by atoms with E-state index in [1.165, 1.54) is 17.2 Å². The van der Waals surface area contributed by atoms with Crippen molar-refractivity contribution in [3.05, 3.63) is 41.7 Å². The van der Waals surface area contributed by atoms with Crippen molar-refractivity contribution in [3.63, 3.8) is 0 Å². The van der Waals surface area contributed by atoms with Gasteiger partial charge in [-0.2, -0.15) is 11.8 Å². The Labute approximate surface area is 201 Å². The van der Waals surface area contributed by atoms with Gasteiger partial charge in [0.05, 0.1) is 18.9 Å². The van der Waals surface area contributed by atoms with Crippen LogP contribution in [0.5, 0.6) is 0 Å². The molecule has 1 saturated carbocycles. The van der Waals surface area contributed by atoms with Crippen LogP contribution in [-0.2, 0) is 4.79 Å². The van der Waals surface area contributed by atoms with Crippen molar-refractivity contribution in [1.82, 2.24) is 20.3 Å². The van der Waals surface area contributed by atoms with Gasteiger partial charge in [-0.3, -0.25) is 19.5 Å². The van der Waals surface area contributed by atoms with Gasteiger partial charge in [-0.1, -0.05) is 5.16 Å².